The van der Waals surface area contributed by atoms with Crippen molar-refractivity contribution in [1.82, 2.24) is 5.32 Å². The van der Waals surface area contributed by atoms with Crippen molar-refractivity contribution in [2.24, 2.45) is 11.7 Å². The van der Waals surface area contributed by atoms with Crippen molar-refractivity contribution in [3.8, 4) is 0 Å². The standard InChI is InChI=1S/C5H11N2O2/c1-4(3-8)2-7-5(6)9/h4H,2-3H2,1H3,(H3,6,7,9). The zero-order valence-electron chi connectivity index (χ0n) is 5.39. The van der Waals surface area contributed by atoms with Crippen LogP contribution in [0.2, 0.25) is 0 Å². The third kappa shape index (κ3) is 5.10. The molecular formula is C5H11N2O2. The first kappa shape index (κ1) is 8.23. The number of amides is 2. The second-order valence-electron chi connectivity index (χ2n) is 2.02. The Kier molecular flexibility index (Phi) is 3.79. The van der Waals surface area contributed by atoms with E-state index in [0.29, 0.717) is 6.54 Å². The molecule has 53 valence electrons. The number of carbonyl (C=O) groups is 1. The molecule has 9 heavy (non-hydrogen) atoms. The molecule has 0 aliphatic heterocycles. The van der Waals surface area contributed by atoms with E-state index >= 15 is 0 Å². The quantitative estimate of drug-likeness (QED) is 0.543. The normalized spacial score (nSPS) is 12.7. The van der Waals surface area contributed by atoms with Crippen molar-refractivity contribution in [3.63, 3.8) is 0 Å². The second-order valence-corrected chi connectivity index (χ2v) is 2.02. The van der Waals surface area contributed by atoms with Gasteiger partial charge in [0, 0.05) is 12.5 Å². The van der Waals surface area contributed by atoms with Gasteiger partial charge in [-0.15, -0.1) is 0 Å². The Labute approximate surface area is 54.0 Å². The molecule has 0 saturated carbocycles. The highest BCUT2D eigenvalue weighted by Gasteiger charge is 1.99. The van der Waals surface area contributed by atoms with E-state index in [9.17, 15) is 9.90 Å². The van der Waals surface area contributed by atoms with Gasteiger partial charge in [0.05, 0.1) is 6.61 Å². The number of hydrogen-bond acceptors (Lipinski definition) is 1. The van der Waals surface area contributed by atoms with Gasteiger partial charge in [0.1, 0.15) is 0 Å². The molecule has 3 N–H and O–H groups in total. The SMILES string of the molecule is CC(C[O])CNC(N)=O. The molecule has 1 atom stereocenters. The van der Waals surface area contributed by atoms with Gasteiger partial charge in [-0.3, -0.25) is 0 Å². The Hall–Kier alpha value is -0.770. The molecule has 0 fully saturated rings. The van der Waals surface area contributed by atoms with Crippen LogP contribution >= 0.6 is 0 Å². The van der Waals surface area contributed by atoms with Crippen molar-refractivity contribution in [2.75, 3.05) is 13.2 Å². The minimum atomic E-state index is -0.574. The maximum absolute atomic E-state index is 10.1. The van der Waals surface area contributed by atoms with Gasteiger partial charge in [-0.05, 0) is 0 Å². The van der Waals surface area contributed by atoms with E-state index in [0.717, 1.165) is 0 Å². The van der Waals surface area contributed by atoms with Crippen LogP contribution in [-0.2, 0) is 5.11 Å². The van der Waals surface area contributed by atoms with Crippen molar-refractivity contribution < 1.29 is 9.90 Å². The van der Waals surface area contributed by atoms with E-state index in [4.69, 9.17) is 5.73 Å². The monoisotopic (exact) mass is 131 g/mol. The van der Waals surface area contributed by atoms with Gasteiger partial charge in [-0.1, -0.05) is 6.92 Å². The predicted molar refractivity (Wildman–Crippen MR) is 32.3 cm³/mol. The summed E-state index contributed by atoms with van der Waals surface area (Å²) >= 11 is 0. The highest BCUT2D eigenvalue weighted by molar-refractivity contribution is 5.71. The third-order valence-corrected chi connectivity index (χ3v) is 0.909. The molecule has 1 unspecified atom stereocenters. The molecule has 0 bridgehead atoms. The molecule has 0 aliphatic rings. The van der Waals surface area contributed by atoms with Crippen LogP contribution in [0.15, 0.2) is 0 Å². The summed E-state index contributed by atoms with van der Waals surface area (Å²) in [4.78, 5) is 10.0. The molecular weight excluding hydrogens is 120 g/mol. The maximum Gasteiger partial charge on any atom is 0.312 e. The van der Waals surface area contributed by atoms with Gasteiger partial charge in [0.2, 0.25) is 0 Å². The third-order valence-electron chi connectivity index (χ3n) is 0.909. The summed E-state index contributed by atoms with van der Waals surface area (Å²) in [7, 11) is 0. The zero-order valence-corrected chi connectivity index (χ0v) is 5.39. The highest BCUT2D eigenvalue weighted by Crippen LogP contribution is 1.87. The molecule has 0 aromatic carbocycles. The summed E-state index contributed by atoms with van der Waals surface area (Å²) in [5, 5.41) is 12.4. The van der Waals surface area contributed by atoms with Gasteiger partial charge in [0.25, 0.3) is 0 Å². The Morgan fingerprint density at radius 3 is 2.67 bits per heavy atom. The van der Waals surface area contributed by atoms with Crippen molar-refractivity contribution in [2.45, 2.75) is 6.92 Å². The van der Waals surface area contributed by atoms with Crippen LogP contribution < -0.4 is 11.1 Å². The fourth-order valence-electron chi connectivity index (χ4n) is 0.334. The number of nitrogens with one attached hydrogen (secondary N) is 1. The first-order valence-corrected chi connectivity index (χ1v) is 2.78. The van der Waals surface area contributed by atoms with Gasteiger partial charge in [-0.25, -0.2) is 9.90 Å². The van der Waals surface area contributed by atoms with Crippen LogP contribution in [0.25, 0.3) is 0 Å². The molecule has 4 heteroatoms. The second kappa shape index (κ2) is 4.14. The van der Waals surface area contributed by atoms with E-state index < -0.39 is 6.03 Å². The molecule has 0 aliphatic carbocycles. The van der Waals surface area contributed by atoms with Crippen LogP contribution in [0.1, 0.15) is 6.92 Å². The molecule has 1 radical (unpaired) electrons. The first-order valence-electron chi connectivity index (χ1n) is 2.78. The Balaban J connectivity index is 3.16. The Morgan fingerprint density at radius 2 is 2.33 bits per heavy atom. The lowest BCUT2D eigenvalue weighted by molar-refractivity contribution is 0.150. The fraction of sp³-hybridized carbons (Fsp3) is 0.800. The van der Waals surface area contributed by atoms with E-state index in [1.165, 1.54) is 0 Å². The number of hydrogen-bond donors (Lipinski definition) is 2. The van der Waals surface area contributed by atoms with E-state index in [1.54, 1.807) is 6.92 Å². The summed E-state index contributed by atoms with van der Waals surface area (Å²) in [6.45, 7) is 1.95. The predicted octanol–water partition coefficient (Wildman–Crippen LogP) is -0.279. The Morgan fingerprint density at radius 1 is 1.78 bits per heavy atom. The van der Waals surface area contributed by atoms with Crippen LogP contribution in [0.4, 0.5) is 4.79 Å². The van der Waals surface area contributed by atoms with Gasteiger partial charge in [-0.2, -0.15) is 0 Å². The molecule has 0 aromatic heterocycles. The van der Waals surface area contributed by atoms with Crippen LogP contribution in [0, 0.1) is 5.92 Å². The molecule has 0 saturated heterocycles. The summed E-state index contributed by atoms with van der Waals surface area (Å²) in [6, 6.07) is -0.574. The van der Waals surface area contributed by atoms with Crippen molar-refractivity contribution >= 4 is 6.03 Å². The lowest BCUT2D eigenvalue weighted by Crippen LogP contribution is -2.33. The zero-order chi connectivity index (χ0) is 7.28. The summed E-state index contributed by atoms with van der Waals surface area (Å²) in [5.41, 5.74) is 4.74. The number of carbonyl (C=O) groups excluding carboxylic acids is 1. The number of primary amides is 1. The van der Waals surface area contributed by atoms with Gasteiger partial charge in [0.15, 0.2) is 0 Å². The fourth-order valence-corrected chi connectivity index (χ4v) is 0.334. The lowest BCUT2D eigenvalue weighted by Gasteiger charge is -2.04. The lowest BCUT2D eigenvalue weighted by atomic mass is 10.2. The average Bonchev–Trinajstić information content (AvgIpc) is 1.83. The number of rotatable bonds is 3. The molecule has 0 heterocycles. The largest absolute Gasteiger partial charge is 0.352 e. The molecule has 0 rings (SSSR count). The van der Waals surface area contributed by atoms with Crippen LogP contribution in [0.3, 0.4) is 0 Å². The van der Waals surface area contributed by atoms with E-state index in [-0.39, 0.29) is 12.5 Å². The smallest absolute Gasteiger partial charge is 0.312 e. The van der Waals surface area contributed by atoms with Gasteiger partial charge >= 0.3 is 6.03 Å². The summed E-state index contributed by atoms with van der Waals surface area (Å²) < 4.78 is 0. The van der Waals surface area contributed by atoms with Crippen molar-refractivity contribution in [3.05, 3.63) is 0 Å². The number of nitrogens with two attached hydrogens (primary N) is 1. The molecule has 0 aromatic rings. The van der Waals surface area contributed by atoms with E-state index in [1.807, 2.05) is 0 Å². The maximum atomic E-state index is 10.1. The molecule has 2 amide bonds. The topological polar surface area (TPSA) is 75.0 Å². The minimum absolute atomic E-state index is 0.0301. The number of urea groups is 1. The van der Waals surface area contributed by atoms with Crippen LogP contribution in [0.5, 0.6) is 0 Å². The summed E-state index contributed by atoms with van der Waals surface area (Å²) in [5.74, 6) is -0.0301. The first-order chi connectivity index (χ1) is 4.16. The summed E-state index contributed by atoms with van der Waals surface area (Å²) in [6.07, 6.45) is 0. The van der Waals surface area contributed by atoms with Crippen LogP contribution in [-0.4, -0.2) is 19.2 Å². The van der Waals surface area contributed by atoms with Crippen molar-refractivity contribution in [1.29, 1.82) is 0 Å². The Bertz CT molecular complexity index is 95.0. The van der Waals surface area contributed by atoms with Gasteiger partial charge < -0.3 is 11.1 Å². The highest BCUT2D eigenvalue weighted by atomic mass is 16.3. The minimum Gasteiger partial charge on any atom is -0.352 e. The molecule has 0 spiro atoms. The van der Waals surface area contributed by atoms with E-state index in [2.05, 4.69) is 5.32 Å². The molecule has 4 nitrogen and oxygen atoms in total. The average molecular weight is 131 g/mol.